The average molecular weight is 458 g/mol. The number of benzene rings is 3. The zero-order valence-electron chi connectivity index (χ0n) is 19.0. The van der Waals surface area contributed by atoms with Gasteiger partial charge in [-0.3, -0.25) is 9.78 Å². The quantitative estimate of drug-likeness (QED) is 0.395. The molecule has 0 saturated carbocycles. The Morgan fingerprint density at radius 1 is 0.800 bits per heavy atom. The smallest absolute Gasteiger partial charge is 0.282 e. The van der Waals surface area contributed by atoms with Gasteiger partial charge in [0.2, 0.25) is 0 Å². The Hall–Kier alpha value is -4.55. The summed E-state index contributed by atoms with van der Waals surface area (Å²) in [6.45, 7) is 0.978. The van der Waals surface area contributed by atoms with Crippen molar-refractivity contribution >= 4 is 16.6 Å². The van der Waals surface area contributed by atoms with Crippen molar-refractivity contribution in [3.8, 4) is 33.5 Å². The molecule has 3 heterocycles. The Bertz CT molecular complexity index is 1720. The maximum atomic E-state index is 13.9. The lowest BCUT2D eigenvalue weighted by atomic mass is 10.0. The topological polar surface area (TPSA) is 78.2 Å². The van der Waals surface area contributed by atoms with Crippen molar-refractivity contribution in [2.45, 2.75) is 6.54 Å². The van der Waals surface area contributed by atoms with Gasteiger partial charge in [-0.05, 0) is 29.3 Å². The van der Waals surface area contributed by atoms with Crippen LogP contribution in [0.25, 0.3) is 50.1 Å². The van der Waals surface area contributed by atoms with E-state index in [0.29, 0.717) is 18.7 Å². The summed E-state index contributed by atoms with van der Waals surface area (Å²) in [5, 5.41) is 5.86. The molecule has 0 amide bonds. The fraction of sp³-hybridized carbons (Fsp3) is 0.0690. The fourth-order valence-electron chi connectivity index (χ4n) is 4.62. The summed E-state index contributed by atoms with van der Waals surface area (Å²) in [4.78, 5) is 18.3. The summed E-state index contributed by atoms with van der Waals surface area (Å²) < 4.78 is 3.58. The highest BCUT2D eigenvalue weighted by Gasteiger charge is 2.22. The number of pyridine rings is 1. The average Bonchev–Trinajstić information content (AvgIpc) is 3.33. The molecule has 0 bridgehead atoms. The largest absolute Gasteiger partial charge is 0.330 e. The minimum Gasteiger partial charge on any atom is -0.330 e. The molecule has 0 fully saturated rings. The highest BCUT2D eigenvalue weighted by Crippen LogP contribution is 2.35. The van der Waals surface area contributed by atoms with Crippen molar-refractivity contribution in [3.05, 3.63) is 114 Å². The predicted octanol–water partition coefficient (Wildman–Crippen LogP) is 5.00. The monoisotopic (exact) mass is 457 g/mol. The van der Waals surface area contributed by atoms with E-state index < -0.39 is 0 Å². The van der Waals surface area contributed by atoms with Gasteiger partial charge >= 0.3 is 0 Å². The van der Waals surface area contributed by atoms with Crippen LogP contribution in [-0.4, -0.2) is 25.7 Å². The van der Waals surface area contributed by atoms with Crippen LogP contribution in [0.2, 0.25) is 0 Å². The summed E-state index contributed by atoms with van der Waals surface area (Å²) in [6.07, 6.45) is 3.67. The van der Waals surface area contributed by atoms with E-state index in [1.807, 2.05) is 102 Å². The molecule has 0 unspecified atom stereocenters. The Labute approximate surface area is 201 Å². The second-order valence-corrected chi connectivity index (χ2v) is 8.43. The predicted molar refractivity (Wildman–Crippen MR) is 140 cm³/mol. The molecule has 6 aromatic rings. The molecule has 3 aromatic carbocycles. The molecule has 0 aliphatic rings. The number of aromatic nitrogens is 4. The Morgan fingerprint density at radius 2 is 1.54 bits per heavy atom. The second-order valence-electron chi connectivity index (χ2n) is 8.43. The third kappa shape index (κ3) is 3.61. The number of fused-ring (bicyclic) bond motifs is 2. The highest BCUT2D eigenvalue weighted by atomic mass is 16.1. The van der Waals surface area contributed by atoms with Gasteiger partial charge in [-0.25, -0.2) is 0 Å². The molecule has 6 heteroatoms. The van der Waals surface area contributed by atoms with Gasteiger partial charge in [0.15, 0.2) is 0 Å². The highest BCUT2D eigenvalue weighted by molar-refractivity contribution is 5.91. The van der Waals surface area contributed by atoms with Gasteiger partial charge in [-0.1, -0.05) is 72.8 Å². The maximum absolute atomic E-state index is 13.9. The van der Waals surface area contributed by atoms with Gasteiger partial charge in [0.05, 0.1) is 16.6 Å². The number of hydrogen-bond donors (Lipinski definition) is 1. The zero-order valence-corrected chi connectivity index (χ0v) is 19.0. The van der Waals surface area contributed by atoms with Gasteiger partial charge in [-0.15, -0.1) is 0 Å². The molecule has 0 saturated heterocycles. The van der Waals surface area contributed by atoms with Crippen molar-refractivity contribution in [1.82, 2.24) is 19.2 Å². The van der Waals surface area contributed by atoms with E-state index in [-0.39, 0.29) is 5.56 Å². The number of nitrogens with two attached hydrogens (primary N) is 1. The van der Waals surface area contributed by atoms with Gasteiger partial charge in [-0.2, -0.15) is 9.61 Å². The molecule has 35 heavy (non-hydrogen) atoms. The summed E-state index contributed by atoms with van der Waals surface area (Å²) in [6, 6.07) is 29.8. The molecule has 2 N–H and O–H groups in total. The van der Waals surface area contributed by atoms with Crippen LogP contribution in [0, 0.1) is 0 Å². The molecule has 6 nitrogen and oxygen atoms in total. The second kappa shape index (κ2) is 8.66. The molecule has 3 aromatic heterocycles. The van der Waals surface area contributed by atoms with Gasteiger partial charge in [0, 0.05) is 36.4 Å². The summed E-state index contributed by atoms with van der Waals surface area (Å²) in [5.74, 6) is 0. The SMILES string of the molecule is NCCn1cc(-c2ccc3ncccc3c2)c(=O)n2nc(-c3ccccc3)c(-c3ccccc3)c12. The van der Waals surface area contributed by atoms with Crippen molar-refractivity contribution in [3.63, 3.8) is 0 Å². The Balaban J connectivity index is 1.69. The van der Waals surface area contributed by atoms with E-state index in [2.05, 4.69) is 4.98 Å². The lowest BCUT2D eigenvalue weighted by Gasteiger charge is -2.13. The summed E-state index contributed by atoms with van der Waals surface area (Å²) in [5.41, 5.74) is 12.5. The first kappa shape index (κ1) is 21.0. The Morgan fingerprint density at radius 3 is 2.29 bits per heavy atom. The van der Waals surface area contributed by atoms with Crippen LogP contribution in [-0.2, 0) is 6.54 Å². The van der Waals surface area contributed by atoms with Crippen LogP contribution < -0.4 is 11.3 Å². The Kier molecular flexibility index (Phi) is 5.20. The summed E-state index contributed by atoms with van der Waals surface area (Å²) in [7, 11) is 0. The molecule has 0 aliphatic carbocycles. The molecular weight excluding hydrogens is 434 g/mol. The lowest BCUT2D eigenvalue weighted by Crippen LogP contribution is -2.22. The van der Waals surface area contributed by atoms with Crippen LogP contribution in [0.1, 0.15) is 0 Å². The van der Waals surface area contributed by atoms with Crippen molar-refractivity contribution in [2.75, 3.05) is 6.54 Å². The molecular formula is C29H23N5O. The van der Waals surface area contributed by atoms with E-state index in [9.17, 15) is 4.79 Å². The van der Waals surface area contributed by atoms with E-state index >= 15 is 0 Å². The third-order valence-electron chi connectivity index (χ3n) is 6.23. The fourth-order valence-corrected chi connectivity index (χ4v) is 4.62. The van der Waals surface area contributed by atoms with Crippen LogP contribution in [0.3, 0.4) is 0 Å². The van der Waals surface area contributed by atoms with Crippen molar-refractivity contribution in [1.29, 1.82) is 0 Å². The van der Waals surface area contributed by atoms with Gasteiger partial charge < -0.3 is 10.3 Å². The number of hydrogen-bond acceptors (Lipinski definition) is 4. The number of nitrogens with zero attached hydrogens (tertiary/aromatic N) is 4. The maximum Gasteiger partial charge on any atom is 0.282 e. The third-order valence-corrected chi connectivity index (χ3v) is 6.23. The standard InChI is InChI=1S/C29H23N5O/c30-15-17-33-19-24(22-13-14-25-23(18-22)12-7-16-31-25)29(35)34-28(33)26(20-8-3-1-4-9-20)27(32-34)21-10-5-2-6-11-21/h1-14,16,18-19H,15,17,30H2. The van der Waals surface area contributed by atoms with E-state index in [1.54, 1.807) is 6.20 Å². The first-order valence-electron chi connectivity index (χ1n) is 11.6. The molecule has 0 radical (unpaired) electrons. The molecule has 0 spiro atoms. The normalized spacial score (nSPS) is 11.3. The van der Waals surface area contributed by atoms with Crippen LogP contribution in [0.15, 0.2) is 108 Å². The summed E-state index contributed by atoms with van der Waals surface area (Å²) >= 11 is 0. The van der Waals surface area contributed by atoms with E-state index in [1.165, 1.54) is 4.52 Å². The van der Waals surface area contributed by atoms with Crippen molar-refractivity contribution < 1.29 is 0 Å². The minimum absolute atomic E-state index is 0.170. The molecule has 0 aliphatic heterocycles. The van der Waals surface area contributed by atoms with Crippen molar-refractivity contribution in [2.24, 2.45) is 5.73 Å². The zero-order chi connectivity index (χ0) is 23.8. The molecule has 6 rings (SSSR count). The van der Waals surface area contributed by atoms with Crippen LogP contribution >= 0.6 is 0 Å². The van der Waals surface area contributed by atoms with Crippen LogP contribution in [0.4, 0.5) is 0 Å². The van der Waals surface area contributed by atoms with E-state index in [4.69, 9.17) is 10.8 Å². The van der Waals surface area contributed by atoms with E-state index in [0.717, 1.165) is 44.5 Å². The first-order chi connectivity index (χ1) is 17.2. The minimum atomic E-state index is -0.170. The first-order valence-corrected chi connectivity index (χ1v) is 11.6. The van der Waals surface area contributed by atoms with Gasteiger partial charge in [0.25, 0.3) is 5.56 Å². The molecule has 0 atom stereocenters. The lowest BCUT2D eigenvalue weighted by molar-refractivity contribution is 0.699. The van der Waals surface area contributed by atoms with Crippen LogP contribution in [0.5, 0.6) is 0 Å². The molecule has 170 valence electrons. The number of rotatable bonds is 5. The van der Waals surface area contributed by atoms with Gasteiger partial charge in [0.1, 0.15) is 11.3 Å².